The van der Waals surface area contributed by atoms with E-state index in [1.807, 2.05) is 0 Å². The Balaban J connectivity index is 2.08. The molecule has 1 saturated carbocycles. The van der Waals surface area contributed by atoms with Crippen LogP contribution in [0.15, 0.2) is 29.2 Å². The molecule has 1 unspecified atom stereocenters. The third-order valence-electron chi connectivity index (χ3n) is 2.67. The van der Waals surface area contributed by atoms with Crippen LogP contribution in [0.3, 0.4) is 0 Å². The van der Waals surface area contributed by atoms with Crippen molar-refractivity contribution in [1.29, 1.82) is 0 Å². The lowest BCUT2D eigenvalue weighted by Crippen LogP contribution is -2.30. The number of carboxylic acids is 1. The van der Waals surface area contributed by atoms with Gasteiger partial charge in [0, 0.05) is 10.9 Å². The SMILES string of the molecule is O=C(O)C(NC1CC1)c1ccc(SC(F)(F)F)cc1. The van der Waals surface area contributed by atoms with Gasteiger partial charge in [-0.05, 0) is 42.3 Å². The van der Waals surface area contributed by atoms with Gasteiger partial charge in [0.25, 0.3) is 0 Å². The molecule has 0 amide bonds. The largest absolute Gasteiger partial charge is 0.480 e. The van der Waals surface area contributed by atoms with Gasteiger partial charge in [0.05, 0.1) is 0 Å². The van der Waals surface area contributed by atoms with Crippen LogP contribution >= 0.6 is 11.8 Å². The highest BCUT2D eigenvalue weighted by Crippen LogP contribution is 2.37. The smallest absolute Gasteiger partial charge is 0.446 e. The van der Waals surface area contributed by atoms with Gasteiger partial charge in [-0.1, -0.05) is 12.1 Å². The predicted molar refractivity (Wildman–Crippen MR) is 64.9 cm³/mol. The molecule has 0 aromatic heterocycles. The van der Waals surface area contributed by atoms with Crippen molar-refractivity contribution in [2.24, 2.45) is 0 Å². The molecule has 0 radical (unpaired) electrons. The Morgan fingerprint density at radius 3 is 2.32 bits per heavy atom. The Kier molecular flexibility index (Phi) is 4.05. The van der Waals surface area contributed by atoms with E-state index in [4.69, 9.17) is 5.11 Å². The summed E-state index contributed by atoms with van der Waals surface area (Å²) in [6.45, 7) is 0. The molecule has 0 spiro atoms. The third kappa shape index (κ3) is 4.43. The van der Waals surface area contributed by atoms with Gasteiger partial charge < -0.3 is 5.11 Å². The zero-order valence-electron chi connectivity index (χ0n) is 9.78. The van der Waals surface area contributed by atoms with Crippen LogP contribution in [-0.4, -0.2) is 22.6 Å². The lowest BCUT2D eigenvalue weighted by atomic mass is 10.1. The number of hydrogen-bond acceptors (Lipinski definition) is 3. The molecular formula is C12H12F3NO2S. The molecule has 2 rings (SSSR count). The molecule has 1 aliphatic carbocycles. The Bertz CT molecular complexity index is 457. The minimum absolute atomic E-state index is 0.0480. The van der Waals surface area contributed by atoms with Crippen molar-refractivity contribution in [3.05, 3.63) is 29.8 Å². The van der Waals surface area contributed by atoms with Crippen molar-refractivity contribution in [2.75, 3.05) is 0 Å². The molecule has 104 valence electrons. The van der Waals surface area contributed by atoms with E-state index >= 15 is 0 Å². The summed E-state index contributed by atoms with van der Waals surface area (Å²) < 4.78 is 36.5. The van der Waals surface area contributed by atoms with Gasteiger partial charge in [-0.3, -0.25) is 10.1 Å². The molecule has 0 heterocycles. The second-order valence-electron chi connectivity index (χ2n) is 4.33. The molecule has 7 heteroatoms. The summed E-state index contributed by atoms with van der Waals surface area (Å²) in [5, 5.41) is 12.1. The number of rotatable bonds is 5. The van der Waals surface area contributed by atoms with Crippen LogP contribution in [0.1, 0.15) is 24.4 Å². The van der Waals surface area contributed by atoms with Crippen LogP contribution in [0.25, 0.3) is 0 Å². The average molecular weight is 291 g/mol. The Labute approximate surface area is 112 Å². The first-order valence-electron chi connectivity index (χ1n) is 5.70. The monoisotopic (exact) mass is 291 g/mol. The van der Waals surface area contributed by atoms with Crippen molar-refractivity contribution in [1.82, 2.24) is 5.32 Å². The molecule has 1 atom stereocenters. The summed E-state index contributed by atoms with van der Waals surface area (Å²) in [7, 11) is 0. The number of carboxylic acid groups (broad SMARTS) is 1. The van der Waals surface area contributed by atoms with Gasteiger partial charge in [-0.15, -0.1) is 0 Å². The zero-order valence-corrected chi connectivity index (χ0v) is 10.6. The molecule has 0 saturated heterocycles. The highest BCUT2D eigenvalue weighted by molar-refractivity contribution is 8.00. The summed E-state index contributed by atoms with van der Waals surface area (Å²) in [6.07, 6.45) is 1.87. The summed E-state index contributed by atoms with van der Waals surface area (Å²) >= 11 is -0.212. The summed E-state index contributed by atoms with van der Waals surface area (Å²) in [5.41, 5.74) is -3.87. The fourth-order valence-electron chi connectivity index (χ4n) is 1.66. The fraction of sp³-hybridized carbons (Fsp3) is 0.417. The van der Waals surface area contributed by atoms with E-state index in [1.165, 1.54) is 24.3 Å². The van der Waals surface area contributed by atoms with E-state index in [0.29, 0.717) is 5.56 Å². The van der Waals surface area contributed by atoms with Gasteiger partial charge in [0.1, 0.15) is 6.04 Å². The maximum absolute atomic E-state index is 12.2. The lowest BCUT2D eigenvalue weighted by molar-refractivity contribution is -0.139. The van der Waals surface area contributed by atoms with Gasteiger partial charge in [0.15, 0.2) is 0 Å². The number of halogens is 3. The van der Waals surface area contributed by atoms with E-state index in [9.17, 15) is 18.0 Å². The van der Waals surface area contributed by atoms with Crippen molar-refractivity contribution in [2.45, 2.75) is 35.3 Å². The molecule has 1 aromatic carbocycles. The maximum Gasteiger partial charge on any atom is 0.446 e. The minimum atomic E-state index is -4.33. The number of hydrogen-bond donors (Lipinski definition) is 2. The van der Waals surface area contributed by atoms with Crippen molar-refractivity contribution >= 4 is 17.7 Å². The van der Waals surface area contributed by atoms with E-state index in [2.05, 4.69) is 5.32 Å². The maximum atomic E-state index is 12.2. The first kappa shape index (κ1) is 14.2. The molecule has 3 nitrogen and oxygen atoms in total. The predicted octanol–water partition coefficient (Wildman–Crippen LogP) is 3.18. The number of nitrogens with one attached hydrogen (secondary N) is 1. The second kappa shape index (κ2) is 5.42. The minimum Gasteiger partial charge on any atom is -0.480 e. The lowest BCUT2D eigenvalue weighted by Gasteiger charge is -2.15. The molecule has 19 heavy (non-hydrogen) atoms. The Morgan fingerprint density at radius 2 is 1.89 bits per heavy atom. The molecule has 1 aliphatic rings. The quantitative estimate of drug-likeness (QED) is 0.818. The average Bonchev–Trinajstić information content (AvgIpc) is 3.08. The van der Waals surface area contributed by atoms with Crippen LogP contribution < -0.4 is 5.32 Å². The van der Waals surface area contributed by atoms with Crippen LogP contribution in [0.5, 0.6) is 0 Å². The standard InChI is InChI=1S/C12H12F3NO2S/c13-12(14,15)19-9-5-1-7(2-6-9)10(11(17)18)16-8-3-4-8/h1-2,5-6,8,10,16H,3-4H2,(H,17,18). The third-order valence-corrected chi connectivity index (χ3v) is 3.41. The van der Waals surface area contributed by atoms with E-state index in [0.717, 1.165) is 12.8 Å². The number of aliphatic carboxylic acids is 1. The highest BCUT2D eigenvalue weighted by Gasteiger charge is 2.31. The van der Waals surface area contributed by atoms with Crippen LogP contribution in [0, 0.1) is 0 Å². The van der Waals surface area contributed by atoms with Gasteiger partial charge in [0.2, 0.25) is 0 Å². The summed E-state index contributed by atoms with van der Waals surface area (Å²) in [6, 6.07) is 4.75. The molecule has 2 N–H and O–H groups in total. The van der Waals surface area contributed by atoms with E-state index in [1.54, 1.807) is 0 Å². The molecule has 0 aliphatic heterocycles. The van der Waals surface area contributed by atoms with Crippen LogP contribution in [0.4, 0.5) is 13.2 Å². The van der Waals surface area contributed by atoms with Gasteiger partial charge in [-0.2, -0.15) is 13.2 Å². The number of thioether (sulfide) groups is 1. The van der Waals surface area contributed by atoms with Gasteiger partial charge in [-0.25, -0.2) is 0 Å². The summed E-state index contributed by atoms with van der Waals surface area (Å²) in [4.78, 5) is 11.2. The van der Waals surface area contributed by atoms with Crippen molar-refractivity contribution < 1.29 is 23.1 Å². The molecule has 1 aromatic rings. The molecule has 1 fully saturated rings. The van der Waals surface area contributed by atoms with E-state index in [-0.39, 0.29) is 22.7 Å². The topological polar surface area (TPSA) is 49.3 Å². The van der Waals surface area contributed by atoms with Crippen LogP contribution in [-0.2, 0) is 4.79 Å². The Morgan fingerprint density at radius 1 is 1.32 bits per heavy atom. The molecular weight excluding hydrogens is 279 g/mol. The second-order valence-corrected chi connectivity index (χ2v) is 5.47. The number of alkyl halides is 3. The molecule has 0 bridgehead atoms. The Hall–Kier alpha value is -1.21. The highest BCUT2D eigenvalue weighted by atomic mass is 32.2. The van der Waals surface area contributed by atoms with Crippen molar-refractivity contribution in [3.63, 3.8) is 0 Å². The normalized spacial score (nSPS) is 17.2. The van der Waals surface area contributed by atoms with Crippen molar-refractivity contribution in [3.8, 4) is 0 Å². The first-order chi connectivity index (χ1) is 8.85. The first-order valence-corrected chi connectivity index (χ1v) is 6.51. The van der Waals surface area contributed by atoms with Gasteiger partial charge >= 0.3 is 11.5 Å². The number of benzene rings is 1. The zero-order chi connectivity index (χ0) is 14.0. The number of carbonyl (C=O) groups is 1. The van der Waals surface area contributed by atoms with Crippen LogP contribution in [0.2, 0.25) is 0 Å². The fourth-order valence-corrected chi connectivity index (χ4v) is 2.20. The summed E-state index contributed by atoms with van der Waals surface area (Å²) in [5.74, 6) is -1.02. The van der Waals surface area contributed by atoms with E-state index < -0.39 is 17.5 Å².